The Balaban J connectivity index is -0.0000000711. The average Bonchev–Trinajstić information content (AvgIpc) is 2.46. The van der Waals surface area contributed by atoms with Gasteiger partial charge in [-0.1, -0.05) is 27.7 Å². The fourth-order valence-corrected chi connectivity index (χ4v) is 1.49. The predicted molar refractivity (Wildman–Crippen MR) is 80.1 cm³/mol. The third-order valence-electron chi connectivity index (χ3n) is 4.34. The van der Waals surface area contributed by atoms with Crippen molar-refractivity contribution >= 4 is 37.7 Å². The Bertz CT molecular complexity index is 135. The van der Waals surface area contributed by atoms with Crippen LogP contribution in [0.15, 0.2) is 0 Å². The van der Waals surface area contributed by atoms with Gasteiger partial charge in [0, 0.05) is 10.8 Å². The van der Waals surface area contributed by atoms with E-state index in [0.717, 1.165) is 25.7 Å². The summed E-state index contributed by atoms with van der Waals surface area (Å²) in [5.74, 6) is 0. The molecule has 7 heteroatoms. The van der Waals surface area contributed by atoms with E-state index in [4.69, 9.17) is 20.4 Å². The molecule has 0 saturated heterocycles. The monoisotopic (exact) mass is 374 g/mol. The number of aliphatic hydroxyl groups is 4. The van der Waals surface area contributed by atoms with Crippen LogP contribution in [0.5, 0.6) is 0 Å². The van der Waals surface area contributed by atoms with E-state index in [2.05, 4.69) is 0 Å². The van der Waals surface area contributed by atoms with E-state index < -0.39 is 0 Å². The largest absolute Gasteiger partial charge is 2.00 e. The van der Waals surface area contributed by atoms with Crippen LogP contribution in [0.1, 0.15) is 53.4 Å². The van der Waals surface area contributed by atoms with Gasteiger partial charge in [-0.05, 0) is 25.7 Å². The Morgan fingerprint density at radius 3 is 0.667 bits per heavy atom. The van der Waals surface area contributed by atoms with Crippen LogP contribution < -0.4 is 24.8 Å². The predicted octanol–water partition coefficient (Wildman–Crippen LogP) is -4.82. The second-order valence-corrected chi connectivity index (χ2v) is 5.05. The molecule has 0 unspecified atom stereocenters. The first-order valence-electron chi connectivity index (χ1n) is 6.92. The molecule has 0 aliphatic carbocycles. The minimum atomic E-state index is -0.222. The standard InChI is InChI=1S/2C7H16O2.Ca.2ClH/c2*1-3-7(4-2,5-8)6-9;;;/h2*8-9H,3-6H2,1-2H3;;2*1H/q;;+2;;/p-2. The van der Waals surface area contributed by atoms with Crippen LogP contribution in [0.25, 0.3) is 0 Å². The zero-order valence-electron chi connectivity index (χ0n) is 13.9. The Morgan fingerprint density at radius 1 is 0.524 bits per heavy atom. The number of rotatable bonds is 8. The molecule has 21 heavy (non-hydrogen) atoms. The molecule has 0 amide bonds. The molecule has 0 aromatic heterocycles. The van der Waals surface area contributed by atoms with E-state index in [1.54, 1.807) is 0 Å². The zero-order chi connectivity index (χ0) is 14.7. The molecule has 0 aliphatic rings. The Morgan fingerprint density at radius 2 is 0.667 bits per heavy atom. The number of halogens is 2. The molecule has 4 N–H and O–H groups in total. The van der Waals surface area contributed by atoms with Gasteiger partial charge in [0.25, 0.3) is 0 Å². The maximum absolute atomic E-state index is 8.82. The van der Waals surface area contributed by atoms with Gasteiger partial charge >= 0.3 is 37.7 Å². The maximum Gasteiger partial charge on any atom is 2.00 e. The Hall–Kier alpha value is 1.68. The summed E-state index contributed by atoms with van der Waals surface area (Å²) in [6, 6.07) is 0. The van der Waals surface area contributed by atoms with Gasteiger partial charge in [-0.15, -0.1) is 0 Å². The van der Waals surface area contributed by atoms with Gasteiger partial charge in [0.2, 0.25) is 0 Å². The van der Waals surface area contributed by atoms with Gasteiger partial charge in [-0.2, -0.15) is 0 Å². The molecule has 128 valence electrons. The third-order valence-corrected chi connectivity index (χ3v) is 4.34. The van der Waals surface area contributed by atoms with E-state index in [1.807, 2.05) is 27.7 Å². The van der Waals surface area contributed by atoms with Crippen molar-refractivity contribution in [1.29, 1.82) is 0 Å². The van der Waals surface area contributed by atoms with Crippen molar-refractivity contribution < 1.29 is 45.2 Å². The second kappa shape index (κ2) is 19.7. The van der Waals surface area contributed by atoms with Crippen LogP contribution in [0.2, 0.25) is 0 Å². The average molecular weight is 375 g/mol. The van der Waals surface area contributed by atoms with Crippen molar-refractivity contribution in [3.05, 3.63) is 0 Å². The van der Waals surface area contributed by atoms with Gasteiger partial charge in [-0.3, -0.25) is 0 Å². The van der Waals surface area contributed by atoms with Crippen molar-refractivity contribution in [2.75, 3.05) is 26.4 Å². The first kappa shape index (κ1) is 34.1. The van der Waals surface area contributed by atoms with Gasteiger partial charge in [-0.25, -0.2) is 0 Å². The number of aliphatic hydroxyl groups excluding tert-OH is 4. The topological polar surface area (TPSA) is 80.9 Å². The fourth-order valence-electron chi connectivity index (χ4n) is 1.49. The first-order chi connectivity index (χ1) is 8.49. The number of hydrogen-bond donors (Lipinski definition) is 4. The summed E-state index contributed by atoms with van der Waals surface area (Å²) < 4.78 is 0. The Labute approximate surface area is 172 Å². The summed E-state index contributed by atoms with van der Waals surface area (Å²) in [6.07, 6.45) is 3.38. The van der Waals surface area contributed by atoms with E-state index in [9.17, 15) is 0 Å². The molecule has 0 aromatic carbocycles. The SMILES string of the molecule is CCC(CC)(CO)CO.CCC(CC)(CO)CO.[Ca+2].[Cl-].[Cl-]. The second-order valence-electron chi connectivity index (χ2n) is 5.05. The normalized spacial score (nSPS) is 10.3. The summed E-state index contributed by atoms with van der Waals surface area (Å²) in [5, 5.41) is 35.3. The fraction of sp³-hybridized carbons (Fsp3) is 1.00. The van der Waals surface area contributed by atoms with Gasteiger partial charge < -0.3 is 45.2 Å². The smallest absolute Gasteiger partial charge is 1.00 e. The molecule has 0 heterocycles. The van der Waals surface area contributed by atoms with Gasteiger partial charge in [0.15, 0.2) is 0 Å². The van der Waals surface area contributed by atoms with Crippen LogP contribution in [-0.4, -0.2) is 84.6 Å². The van der Waals surface area contributed by atoms with Crippen molar-refractivity contribution in [3.63, 3.8) is 0 Å². The molecular weight excluding hydrogens is 343 g/mol. The molecule has 0 aliphatic heterocycles. The molecule has 0 atom stereocenters. The number of hydrogen-bond acceptors (Lipinski definition) is 4. The van der Waals surface area contributed by atoms with Crippen molar-refractivity contribution in [1.82, 2.24) is 0 Å². The van der Waals surface area contributed by atoms with Gasteiger partial charge in [0.05, 0.1) is 26.4 Å². The van der Waals surface area contributed by atoms with Crippen LogP contribution >= 0.6 is 0 Å². The van der Waals surface area contributed by atoms with Crippen molar-refractivity contribution in [2.45, 2.75) is 53.4 Å². The summed E-state index contributed by atoms with van der Waals surface area (Å²) in [4.78, 5) is 0. The van der Waals surface area contributed by atoms with E-state index >= 15 is 0 Å². The van der Waals surface area contributed by atoms with Crippen LogP contribution in [0.4, 0.5) is 0 Å². The molecule has 0 spiro atoms. The molecule has 0 aromatic rings. The van der Waals surface area contributed by atoms with E-state index in [-0.39, 0.29) is 99.8 Å². The summed E-state index contributed by atoms with van der Waals surface area (Å²) in [6.45, 7) is 8.30. The van der Waals surface area contributed by atoms with Crippen LogP contribution in [0, 0.1) is 10.8 Å². The summed E-state index contributed by atoms with van der Waals surface area (Å²) in [5.41, 5.74) is -0.444. The summed E-state index contributed by atoms with van der Waals surface area (Å²) in [7, 11) is 0. The zero-order valence-corrected chi connectivity index (χ0v) is 17.6. The quantitative estimate of drug-likeness (QED) is 0.321. The molecule has 0 rings (SSSR count). The molecule has 0 radical (unpaired) electrons. The van der Waals surface area contributed by atoms with E-state index in [0.29, 0.717) is 0 Å². The van der Waals surface area contributed by atoms with Crippen molar-refractivity contribution in [2.24, 2.45) is 10.8 Å². The first-order valence-corrected chi connectivity index (χ1v) is 6.92. The molecular formula is C14H32CaCl2O4. The molecule has 4 nitrogen and oxygen atoms in total. The van der Waals surface area contributed by atoms with Crippen molar-refractivity contribution in [3.8, 4) is 0 Å². The van der Waals surface area contributed by atoms with Crippen LogP contribution in [-0.2, 0) is 0 Å². The Kier molecular flexibility index (Phi) is 32.0. The minimum Gasteiger partial charge on any atom is -1.00 e. The maximum atomic E-state index is 8.82. The van der Waals surface area contributed by atoms with E-state index in [1.165, 1.54) is 0 Å². The summed E-state index contributed by atoms with van der Waals surface area (Å²) >= 11 is 0. The minimum absolute atomic E-state index is 0. The molecule has 0 bridgehead atoms. The van der Waals surface area contributed by atoms with Crippen LogP contribution in [0.3, 0.4) is 0 Å². The molecule has 0 fully saturated rings. The third kappa shape index (κ3) is 12.7. The van der Waals surface area contributed by atoms with Gasteiger partial charge in [0.1, 0.15) is 0 Å². The molecule has 0 saturated carbocycles.